The van der Waals surface area contributed by atoms with Crippen LogP contribution in [0, 0.1) is 0 Å². The summed E-state index contributed by atoms with van der Waals surface area (Å²) in [7, 11) is 0. The van der Waals surface area contributed by atoms with Crippen LogP contribution in [-0.4, -0.2) is 38.7 Å². The average Bonchev–Trinajstić information content (AvgIpc) is 2.94. The van der Waals surface area contributed by atoms with Crippen LogP contribution in [0.15, 0.2) is 18.2 Å². The van der Waals surface area contributed by atoms with Gasteiger partial charge in [-0.15, -0.1) is 0 Å². The number of carboxylic acids is 1. The number of urea groups is 1. The molecule has 0 radical (unpaired) electrons. The molecule has 3 N–H and O–H groups in total. The number of benzene rings is 1. The van der Waals surface area contributed by atoms with Gasteiger partial charge in [-0.05, 0) is 24.6 Å². The minimum Gasteiger partial charge on any atom is -0.476 e. The Hall–Kier alpha value is -2.25. The molecule has 0 atom stereocenters. The van der Waals surface area contributed by atoms with E-state index in [1.54, 1.807) is 23.1 Å². The first-order valence-corrected chi connectivity index (χ1v) is 7.51. The molecule has 0 unspecified atom stereocenters. The normalized spacial score (nSPS) is 13.6. The number of aromatic amines is 1. The highest BCUT2D eigenvalue weighted by Crippen LogP contribution is 2.26. The third-order valence-electron chi connectivity index (χ3n) is 3.59. The number of nitrogens with zero attached hydrogens (tertiary/aromatic N) is 2. The molecule has 1 aromatic carbocycles. The van der Waals surface area contributed by atoms with Gasteiger partial charge in [0, 0.05) is 17.8 Å². The van der Waals surface area contributed by atoms with Crippen molar-refractivity contribution >= 4 is 40.9 Å². The van der Waals surface area contributed by atoms with E-state index >= 15 is 0 Å². The molecule has 2 aromatic rings. The lowest BCUT2D eigenvalue weighted by Gasteiger charge is -2.26. The first-order valence-electron chi connectivity index (χ1n) is 6.76. The molecule has 0 saturated heterocycles. The second kappa shape index (κ2) is 6.10. The molecule has 0 bridgehead atoms. The number of aromatic carboxylic acids is 1. The Morgan fingerprint density at radius 1 is 1.30 bits per heavy atom. The standard InChI is InChI=1S/C14H12Cl2N4O3/c15-9-2-1-7(5-10(9)16)17-14(23)20-4-3-8-11(6-20)18-19-12(8)13(21)22/h1-2,5H,3-4,6H2,(H,17,23)(H,18,19)(H,21,22). The third-order valence-corrected chi connectivity index (χ3v) is 4.33. The van der Waals surface area contributed by atoms with Crippen molar-refractivity contribution in [2.75, 3.05) is 11.9 Å². The van der Waals surface area contributed by atoms with Gasteiger partial charge in [0.1, 0.15) is 0 Å². The zero-order valence-electron chi connectivity index (χ0n) is 11.8. The third kappa shape index (κ3) is 3.11. The van der Waals surface area contributed by atoms with Crippen LogP contribution >= 0.6 is 23.2 Å². The summed E-state index contributed by atoms with van der Waals surface area (Å²) in [4.78, 5) is 24.9. The van der Waals surface area contributed by atoms with E-state index in [0.29, 0.717) is 40.0 Å². The Balaban J connectivity index is 1.71. The van der Waals surface area contributed by atoms with Crippen molar-refractivity contribution in [3.05, 3.63) is 45.2 Å². The number of fused-ring (bicyclic) bond motifs is 1. The number of halogens is 2. The SMILES string of the molecule is O=C(O)c1n[nH]c2c1CCN(C(=O)Nc1ccc(Cl)c(Cl)c1)C2. The van der Waals surface area contributed by atoms with Crippen molar-refractivity contribution in [3.63, 3.8) is 0 Å². The van der Waals surface area contributed by atoms with Gasteiger partial charge in [0.15, 0.2) is 5.69 Å². The van der Waals surface area contributed by atoms with Gasteiger partial charge in [0.25, 0.3) is 0 Å². The summed E-state index contributed by atoms with van der Waals surface area (Å²) < 4.78 is 0. The number of hydrogen-bond acceptors (Lipinski definition) is 3. The van der Waals surface area contributed by atoms with Crippen LogP contribution in [0.1, 0.15) is 21.7 Å². The van der Waals surface area contributed by atoms with Gasteiger partial charge in [0.05, 0.1) is 22.3 Å². The predicted molar refractivity (Wildman–Crippen MR) is 85.1 cm³/mol. The van der Waals surface area contributed by atoms with Crippen molar-refractivity contribution in [2.24, 2.45) is 0 Å². The average molecular weight is 355 g/mol. The van der Waals surface area contributed by atoms with Crippen LogP contribution in [0.25, 0.3) is 0 Å². The highest BCUT2D eigenvalue weighted by atomic mass is 35.5. The topological polar surface area (TPSA) is 98.3 Å². The Labute approximate surface area is 141 Å². The maximum absolute atomic E-state index is 12.3. The molecule has 1 aliphatic rings. The molecule has 2 heterocycles. The Kier molecular flexibility index (Phi) is 4.14. The number of aromatic nitrogens is 2. The van der Waals surface area contributed by atoms with Gasteiger partial charge in [-0.3, -0.25) is 5.10 Å². The van der Waals surface area contributed by atoms with Crippen molar-refractivity contribution < 1.29 is 14.7 Å². The Morgan fingerprint density at radius 3 is 2.78 bits per heavy atom. The molecule has 3 rings (SSSR count). The number of amides is 2. The van der Waals surface area contributed by atoms with E-state index in [1.807, 2.05) is 0 Å². The van der Waals surface area contributed by atoms with Gasteiger partial charge < -0.3 is 15.3 Å². The number of carboxylic acid groups (broad SMARTS) is 1. The fourth-order valence-electron chi connectivity index (χ4n) is 2.44. The van der Waals surface area contributed by atoms with Gasteiger partial charge in [-0.25, -0.2) is 9.59 Å². The monoisotopic (exact) mass is 354 g/mol. The van der Waals surface area contributed by atoms with Gasteiger partial charge in [-0.1, -0.05) is 23.2 Å². The molecule has 1 aliphatic heterocycles. The van der Waals surface area contributed by atoms with E-state index in [9.17, 15) is 9.59 Å². The zero-order valence-corrected chi connectivity index (χ0v) is 13.3. The molecule has 0 aliphatic carbocycles. The summed E-state index contributed by atoms with van der Waals surface area (Å²) in [5, 5.41) is 19.0. The molecular weight excluding hydrogens is 343 g/mol. The Bertz CT molecular complexity index is 790. The molecule has 23 heavy (non-hydrogen) atoms. The maximum Gasteiger partial charge on any atom is 0.356 e. The summed E-state index contributed by atoms with van der Waals surface area (Å²) in [6.45, 7) is 0.669. The fraction of sp³-hybridized carbons (Fsp3) is 0.214. The number of rotatable bonds is 2. The lowest BCUT2D eigenvalue weighted by molar-refractivity contribution is 0.0689. The van der Waals surface area contributed by atoms with Crippen LogP contribution in [0.5, 0.6) is 0 Å². The van der Waals surface area contributed by atoms with E-state index in [2.05, 4.69) is 15.5 Å². The van der Waals surface area contributed by atoms with Crippen LogP contribution in [0.2, 0.25) is 10.0 Å². The van der Waals surface area contributed by atoms with Crippen LogP contribution in [-0.2, 0) is 13.0 Å². The van der Waals surface area contributed by atoms with E-state index in [1.165, 1.54) is 0 Å². The summed E-state index contributed by atoms with van der Waals surface area (Å²) in [6, 6.07) is 4.51. The van der Waals surface area contributed by atoms with Crippen molar-refractivity contribution in [2.45, 2.75) is 13.0 Å². The molecule has 0 fully saturated rings. The number of carbonyl (C=O) groups excluding carboxylic acids is 1. The van der Waals surface area contributed by atoms with Crippen molar-refractivity contribution in [3.8, 4) is 0 Å². The van der Waals surface area contributed by atoms with Gasteiger partial charge in [0.2, 0.25) is 0 Å². The van der Waals surface area contributed by atoms with Crippen molar-refractivity contribution in [1.29, 1.82) is 0 Å². The predicted octanol–water partition coefficient (Wildman–Crippen LogP) is 3.00. The van der Waals surface area contributed by atoms with E-state index in [0.717, 1.165) is 0 Å². The fourth-order valence-corrected chi connectivity index (χ4v) is 2.74. The highest BCUT2D eigenvalue weighted by Gasteiger charge is 2.27. The minimum atomic E-state index is -1.07. The summed E-state index contributed by atoms with van der Waals surface area (Å²) in [6.07, 6.45) is 0.433. The lowest BCUT2D eigenvalue weighted by atomic mass is 10.0. The molecular formula is C14H12Cl2N4O3. The second-order valence-corrected chi connectivity index (χ2v) is 5.88. The van der Waals surface area contributed by atoms with Gasteiger partial charge in [-0.2, -0.15) is 5.10 Å². The van der Waals surface area contributed by atoms with Crippen molar-refractivity contribution in [1.82, 2.24) is 15.1 Å². The molecule has 1 aromatic heterocycles. The summed E-state index contributed by atoms with van der Waals surface area (Å²) in [5.41, 5.74) is 1.84. The second-order valence-electron chi connectivity index (χ2n) is 5.07. The number of anilines is 1. The summed E-state index contributed by atoms with van der Waals surface area (Å²) in [5.74, 6) is -1.07. The van der Waals surface area contributed by atoms with Crippen LogP contribution in [0.3, 0.4) is 0 Å². The van der Waals surface area contributed by atoms with E-state index in [-0.39, 0.29) is 18.3 Å². The van der Waals surface area contributed by atoms with Crippen LogP contribution in [0.4, 0.5) is 10.5 Å². The zero-order chi connectivity index (χ0) is 16.6. The molecule has 0 saturated carbocycles. The van der Waals surface area contributed by atoms with E-state index in [4.69, 9.17) is 28.3 Å². The smallest absolute Gasteiger partial charge is 0.356 e. The molecule has 7 nitrogen and oxygen atoms in total. The molecule has 0 spiro atoms. The largest absolute Gasteiger partial charge is 0.476 e. The van der Waals surface area contributed by atoms with Gasteiger partial charge >= 0.3 is 12.0 Å². The number of H-pyrrole nitrogens is 1. The quantitative estimate of drug-likeness (QED) is 0.771. The Morgan fingerprint density at radius 2 is 2.09 bits per heavy atom. The number of carbonyl (C=O) groups is 2. The number of hydrogen-bond donors (Lipinski definition) is 3. The highest BCUT2D eigenvalue weighted by molar-refractivity contribution is 6.42. The lowest BCUT2D eigenvalue weighted by Crippen LogP contribution is -2.39. The minimum absolute atomic E-state index is 0.0181. The van der Waals surface area contributed by atoms with E-state index < -0.39 is 5.97 Å². The first-order chi connectivity index (χ1) is 11.0. The molecule has 120 valence electrons. The molecule has 9 heteroatoms. The summed E-state index contributed by atoms with van der Waals surface area (Å²) >= 11 is 11.8. The first kappa shape index (κ1) is 15.6. The number of nitrogens with one attached hydrogen (secondary N) is 2. The van der Waals surface area contributed by atoms with Crippen LogP contribution < -0.4 is 5.32 Å². The molecule has 2 amide bonds. The maximum atomic E-state index is 12.3.